The van der Waals surface area contributed by atoms with Crippen molar-refractivity contribution in [1.82, 2.24) is 0 Å². The third-order valence-corrected chi connectivity index (χ3v) is 11.1. The first-order chi connectivity index (χ1) is 25.0. The molecule has 8 nitrogen and oxygen atoms in total. The summed E-state index contributed by atoms with van der Waals surface area (Å²) < 4.78 is 35.1. The molecule has 0 aliphatic carbocycles. The Hall–Kier alpha value is -0.500. The first kappa shape index (κ1) is 51.5. The standard InChI is InChI=1S/C43H88NO7P/c1-7-9-11-13-15-17-19-21-22-24-26-28-30-32-37-48-39-42(40-50-52(46,47)49-38-36-44(4,5)6)51-43(45)35-34-41(3)33-31-29-27-25-23-20-18-16-14-12-10-8-2/h41-42H,7-40H2,1-6H3/p+1/t41?,42-/m0/s1. The van der Waals surface area contributed by atoms with Gasteiger partial charge in [0.15, 0.2) is 0 Å². The third-order valence-electron chi connectivity index (χ3n) is 10.1. The number of carbonyl (C=O) groups is 1. The van der Waals surface area contributed by atoms with Crippen molar-refractivity contribution in [1.29, 1.82) is 0 Å². The Morgan fingerprint density at radius 2 is 1.00 bits per heavy atom. The van der Waals surface area contributed by atoms with E-state index in [4.69, 9.17) is 18.5 Å². The number of rotatable bonds is 41. The number of quaternary nitrogens is 1. The van der Waals surface area contributed by atoms with E-state index < -0.39 is 13.9 Å². The number of carbonyl (C=O) groups excluding carboxylic acids is 1. The molecule has 0 radical (unpaired) electrons. The molecule has 52 heavy (non-hydrogen) atoms. The zero-order valence-electron chi connectivity index (χ0n) is 35.5. The summed E-state index contributed by atoms with van der Waals surface area (Å²) in [7, 11) is 1.68. The van der Waals surface area contributed by atoms with Crippen LogP contribution in [0.15, 0.2) is 0 Å². The van der Waals surface area contributed by atoms with Crippen molar-refractivity contribution in [2.75, 3.05) is 54.1 Å². The largest absolute Gasteiger partial charge is 0.472 e. The van der Waals surface area contributed by atoms with Crippen LogP contribution in [0.3, 0.4) is 0 Å². The number of hydrogen-bond donors (Lipinski definition) is 1. The lowest BCUT2D eigenvalue weighted by atomic mass is 9.97. The minimum atomic E-state index is -4.27. The van der Waals surface area contributed by atoms with Crippen LogP contribution in [0.2, 0.25) is 0 Å². The van der Waals surface area contributed by atoms with E-state index in [1.807, 2.05) is 21.1 Å². The molecule has 0 aromatic heterocycles. The van der Waals surface area contributed by atoms with Crippen LogP contribution in [0.5, 0.6) is 0 Å². The first-order valence-electron chi connectivity index (χ1n) is 22.2. The van der Waals surface area contributed by atoms with Gasteiger partial charge in [-0.25, -0.2) is 4.57 Å². The summed E-state index contributed by atoms with van der Waals surface area (Å²) in [6, 6.07) is 0. The summed E-state index contributed by atoms with van der Waals surface area (Å²) in [5.74, 6) is 0.142. The van der Waals surface area contributed by atoms with E-state index in [0.717, 1.165) is 25.7 Å². The maximum atomic E-state index is 12.8. The Morgan fingerprint density at radius 3 is 1.44 bits per heavy atom. The van der Waals surface area contributed by atoms with Gasteiger partial charge in [-0.1, -0.05) is 188 Å². The van der Waals surface area contributed by atoms with Crippen LogP contribution in [0.25, 0.3) is 0 Å². The number of phosphoric ester groups is 1. The molecule has 0 fully saturated rings. The van der Waals surface area contributed by atoms with Crippen molar-refractivity contribution in [3.8, 4) is 0 Å². The van der Waals surface area contributed by atoms with E-state index in [0.29, 0.717) is 30.0 Å². The maximum Gasteiger partial charge on any atom is 0.472 e. The molecule has 0 aromatic carbocycles. The quantitative estimate of drug-likeness (QED) is 0.0287. The van der Waals surface area contributed by atoms with Gasteiger partial charge in [-0.3, -0.25) is 13.8 Å². The third kappa shape index (κ3) is 39.2. The van der Waals surface area contributed by atoms with E-state index in [9.17, 15) is 14.3 Å². The maximum absolute atomic E-state index is 12.8. The lowest BCUT2D eigenvalue weighted by molar-refractivity contribution is -0.870. The highest BCUT2D eigenvalue weighted by Gasteiger charge is 2.26. The fourth-order valence-electron chi connectivity index (χ4n) is 6.46. The molecule has 0 saturated heterocycles. The number of hydrogen-bond acceptors (Lipinski definition) is 6. The molecule has 9 heteroatoms. The lowest BCUT2D eigenvalue weighted by Gasteiger charge is -2.24. The molecule has 2 unspecified atom stereocenters. The highest BCUT2D eigenvalue weighted by atomic mass is 31.2. The molecule has 0 saturated carbocycles. The van der Waals surface area contributed by atoms with Crippen LogP contribution < -0.4 is 0 Å². The zero-order chi connectivity index (χ0) is 38.6. The van der Waals surface area contributed by atoms with E-state index in [1.54, 1.807) is 0 Å². The predicted octanol–water partition coefficient (Wildman–Crippen LogP) is 12.7. The monoisotopic (exact) mass is 763 g/mol. The SMILES string of the molecule is CCCCCCCCCCCCCCCCOC[C@@H](COP(=O)(O)OCC[N+](C)(C)C)OC(=O)CCC(C)CCCCCCCCCCCCCC. The van der Waals surface area contributed by atoms with Gasteiger partial charge in [0.1, 0.15) is 19.3 Å². The molecule has 0 aliphatic rings. The Morgan fingerprint density at radius 1 is 0.577 bits per heavy atom. The fraction of sp³-hybridized carbons (Fsp3) is 0.977. The Labute approximate surface area is 323 Å². The molecular weight excluding hydrogens is 673 g/mol. The van der Waals surface area contributed by atoms with Crippen molar-refractivity contribution in [2.45, 2.75) is 213 Å². The first-order valence-corrected chi connectivity index (χ1v) is 23.7. The van der Waals surface area contributed by atoms with Gasteiger partial charge in [0.2, 0.25) is 0 Å². The van der Waals surface area contributed by atoms with Crippen LogP contribution in [-0.4, -0.2) is 75.6 Å². The fourth-order valence-corrected chi connectivity index (χ4v) is 7.20. The second-order valence-corrected chi connectivity index (χ2v) is 18.2. The second-order valence-electron chi connectivity index (χ2n) is 16.7. The highest BCUT2D eigenvalue weighted by molar-refractivity contribution is 7.47. The van der Waals surface area contributed by atoms with Crippen LogP contribution in [-0.2, 0) is 27.9 Å². The number of ether oxygens (including phenoxy) is 2. The minimum Gasteiger partial charge on any atom is -0.457 e. The average molecular weight is 763 g/mol. The van der Waals surface area contributed by atoms with Crippen LogP contribution >= 0.6 is 7.82 Å². The normalized spacial score (nSPS) is 14.4. The minimum absolute atomic E-state index is 0.0917. The average Bonchev–Trinajstić information content (AvgIpc) is 3.09. The van der Waals surface area contributed by atoms with E-state index in [-0.39, 0.29) is 25.8 Å². The van der Waals surface area contributed by atoms with Crippen LogP contribution in [0.4, 0.5) is 0 Å². The summed E-state index contributed by atoms with van der Waals surface area (Å²) in [6.45, 7) is 7.87. The van der Waals surface area contributed by atoms with Gasteiger partial charge in [-0.15, -0.1) is 0 Å². The van der Waals surface area contributed by atoms with Crippen molar-refractivity contribution in [3.05, 3.63) is 0 Å². The molecule has 0 bridgehead atoms. The zero-order valence-corrected chi connectivity index (χ0v) is 36.4. The molecule has 0 amide bonds. The predicted molar refractivity (Wildman–Crippen MR) is 220 cm³/mol. The molecule has 0 aliphatic heterocycles. The van der Waals surface area contributed by atoms with Crippen molar-refractivity contribution in [3.63, 3.8) is 0 Å². The van der Waals surface area contributed by atoms with Crippen LogP contribution in [0, 0.1) is 5.92 Å². The molecule has 1 N–H and O–H groups in total. The van der Waals surface area contributed by atoms with Crippen LogP contribution in [0.1, 0.15) is 207 Å². The molecule has 0 spiro atoms. The topological polar surface area (TPSA) is 91.3 Å². The molecular formula is C43H89NO7P+. The van der Waals surface area contributed by atoms with Crippen molar-refractivity contribution in [2.24, 2.45) is 5.92 Å². The van der Waals surface area contributed by atoms with Gasteiger partial charge in [0, 0.05) is 13.0 Å². The van der Waals surface area contributed by atoms with Gasteiger partial charge in [0.05, 0.1) is 34.4 Å². The van der Waals surface area contributed by atoms with Gasteiger partial charge in [-0.2, -0.15) is 0 Å². The lowest BCUT2D eigenvalue weighted by Crippen LogP contribution is -2.37. The summed E-state index contributed by atoms with van der Waals surface area (Å²) in [5.41, 5.74) is 0. The molecule has 0 aromatic rings. The van der Waals surface area contributed by atoms with E-state index in [1.165, 1.54) is 154 Å². The number of unbranched alkanes of at least 4 members (excludes halogenated alkanes) is 24. The number of phosphoric acid groups is 1. The van der Waals surface area contributed by atoms with Crippen molar-refractivity contribution < 1.29 is 37.3 Å². The molecule has 0 rings (SSSR count). The summed E-state index contributed by atoms with van der Waals surface area (Å²) in [5, 5.41) is 0. The van der Waals surface area contributed by atoms with Gasteiger partial charge < -0.3 is 18.9 Å². The van der Waals surface area contributed by atoms with E-state index in [2.05, 4.69) is 20.8 Å². The Bertz CT molecular complexity index is 822. The second kappa shape index (κ2) is 36.2. The molecule has 0 heterocycles. The molecule has 312 valence electrons. The number of nitrogens with zero attached hydrogens (tertiary/aromatic N) is 1. The summed E-state index contributed by atoms with van der Waals surface area (Å²) >= 11 is 0. The Balaban J connectivity index is 4.31. The summed E-state index contributed by atoms with van der Waals surface area (Å²) in [6.07, 6.45) is 35.8. The highest BCUT2D eigenvalue weighted by Crippen LogP contribution is 2.43. The van der Waals surface area contributed by atoms with E-state index >= 15 is 0 Å². The number of esters is 1. The van der Waals surface area contributed by atoms with Gasteiger partial charge >= 0.3 is 13.8 Å². The van der Waals surface area contributed by atoms with Crippen molar-refractivity contribution >= 4 is 13.8 Å². The summed E-state index contributed by atoms with van der Waals surface area (Å²) in [4.78, 5) is 23.0. The number of likely N-dealkylation sites (N-methyl/N-ethyl adjacent to an activating group) is 1. The van der Waals surface area contributed by atoms with Gasteiger partial charge in [-0.05, 0) is 18.8 Å². The molecule has 3 atom stereocenters. The Kier molecular flexibility index (Phi) is 35.8. The van der Waals surface area contributed by atoms with Gasteiger partial charge in [0.25, 0.3) is 0 Å². The smallest absolute Gasteiger partial charge is 0.457 e.